The Kier molecular flexibility index (Phi) is 5.88. The Hall–Kier alpha value is -5.58. The molecule has 0 bridgehead atoms. The summed E-state index contributed by atoms with van der Waals surface area (Å²) in [5, 5.41) is 9.39. The minimum Gasteiger partial charge on any atom is -0.455 e. The molecule has 0 atom stereocenters. The third-order valence-corrected chi connectivity index (χ3v) is 8.34. The van der Waals surface area contributed by atoms with E-state index in [1.54, 1.807) is 12.4 Å². The molecule has 9 aromatic rings. The van der Waals surface area contributed by atoms with E-state index in [4.69, 9.17) is 14.4 Å². The van der Waals surface area contributed by atoms with Crippen LogP contribution in [0.25, 0.3) is 87.5 Å². The molecule has 4 heteroatoms. The standard InChI is InChI=1S/C38H22N2O.CH5N/c1-2-8-27-26(7-1)22-32(38-35(27)31-11-5-6-12-34(31)41-38)24-15-13-23(14-16-24)25-17-18-29-28-9-3-4-10-30(28)36-37(33(29)21-25)40-20-19-39-36;1-2/h1-22H;2H2,1H3. The van der Waals surface area contributed by atoms with Gasteiger partial charge in [-0.15, -0.1) is 0 Å². The van der Waals surface area contributed by atoms with Crippen molar-refractivity contribution in [2.75, 3.05) is 7.05 Å². The van der Waals surface area contributed by atoms with E-state index in [-0.39, 0.29) is 0 Å². The Morgan fingerprint density at radius 3 is 1.86 bits per heavy atom. The smallest absolute Gasteiger partial charge is 0.143 e. The van der Waals surface area contributed by atoms with E-state index in [0.29, 0.717) is 0 Å². The zero-order chi connectivity index (χ0) is 28.9. The Balaban J connectivity index is 0.00000136. The van der Waals surface area contributed by atoms with Crippen LogP contribution in [-0.2, 0) is 0 Å². The second kappa shape index (κ2) is 10.1. The molecule has 4 nitrogen and oxygen atoms in total. The van der Waals surface area contributed by atoms with Crippen LogP contribution in [0.2, 0.25) is 0 Å². The topological polar surface area (TPSA) is 64.9 Å². The maximum Gasteiger partial charge on any atom is 0.143 e. The average Bonchev–Trinajstić information content (AvgIpc) is 3.49. The molecule has 0 aliphatic heterocycles. The van der Waals surface area contributed by atoms with Crippen LogP contribution in [0.4, 0.5) is 0 Å². The van der Waals surface area contributed by atoms with Crippen LogP contribution in [0.5, 0.6) is 0 Å². The summed E-state index contributed by atoms with van der Waals surface area (Å²) in [5.74, 6) is 0. The number of nitrogens with two attached hydrogens (primary N) is 1. The highest BCUT2D eigenvalue weighted by atomic mass is 16.3. The molecule has 0 unspecified atom stereocenters. The highest BCUT2D eigenvalue weighted by molar-refractivity contribution is 6.24. The maximum absolute atomic E-state index is 6.47. The Labute approximate surface area is 248 Å². The van der Waals surface area contributed by atoms with Crippen molar-refractivity contribution in [1.29, 1.82) is 0 Å². The fourth-order valence-corrected chi connectivity index (χ4v) is 6.44. The lowest BCUT2D eigenvalue weighted by Gasteiger charge is -2.11. The quantitative estimate of drug-likeness (QED) is 0.216. The van der Waals surface area contributed by atoms with Gasteiger partial charge < -0.3 is 10.2 Å². The van der Waals surface area contributed by atoms with E-state index in [0.717, 1.165) is 60.6 Å². The van der Waals surface area contributed by atoms with Gasteiger partial charge in [-0.1, -0.05) is 103 Å². The fourth-order valence-electron chi connectivity index (χ4n) is 6.44. The van der Waals surface area contributed by atoms with Crippen molar-refractivity contribution in [1.82, 2.24) is 9.97 Å². The van der Waals surface area contributed by atoms with Gasteiger partial charge in [-0.05, 0) is 63.5 Å². The number of benzene rings is 7. The molecule has 0 aliphatic rings. The minimum atomic E-state index is 0.913. The molecule has 2 heterocycles. The van der Waals surface area contributed by atoms with Crippen molar-refractivity contribution in [3.8, 4) is 22.3 Å². The van der Waals surface area contributed by atoms with Crippen LogP contribution in [0.3, 0.4) is 0 Å². The summed E-state index contributed by atoms with van der Waals surface area (Å²) in [6.07, 6.45) is 3.55. The van der Waals surface area contributed by atoms with Crippen LogP contribution in [0.1, 0.15) is 0 Å². The van der Waals surface area contributed by atoms with Gasteiger partial charge in [0.25, 0.3) is 0 Å². The molecule has 0 amide bonds. The third kappa shape index (κ3) is 3.88. The number of para-hydroxylation sites is 1. The Morgan fingerprint density at radius 2 is 1.07 bits per heavy atom. The number of fused-ring (bicyclic) bond motifs is 11. The molecule has 0 radical (unpaired) electrons. The van der Waals surface area contributed by atoms with E-state index in [9.17, 15) is 0 Å². The maximum atomic E-state index is 6.47. The molecule has 2 N–H and O–H groups in total. The molecule has 0 spiro atoms. The van der Waals surface area contributed by atoms with Crippen molar-refractivity contribution in [2.24, 2.45) is 5.73 Å². The number of hydrogen-bond acceptors (Lipinski definition) is 4. The summed E-state index contributed by atoms with van der Waals surface area (Å²) in [7, 11) is 1.50. The van der Waals surface area contributed by atoms with E-state index < -0.39 is 0 Å². The molecule has 2 aromatic heterocycles. The summed E-state index contributed by atoms with van der Waals surface area (Å²) < 4.78 is 6.47. The lowest BCUT2D eigenvalue weighted by atomic mass is 9.93. The van der Waals surface area contributed by atoms with Gasteiger partial charge in [-0.3, -0.25) is 9.97 Å². The molecule has 0 fully saturated rings. The fraction of sp³-hybridized carbons (Fsp3) is 0.0256. The van der Waals surface area contributed by atoms with Gasteiger partial charge in [0.15, 0.2) is 0 Å². The largest absolute Gasteiger partial charge is 0.455 e. The minimum absolute atomic E-state index is 0.913. The van der Waals surface area contributed by atoms with Crippen LogP contribution < -0.4 is 5.73 Å². The first-order chi connectivity index (χ1) is 21.3. The van der Waals surface area contributed by atoms with Crippen molar-refractivity contribution in [3.05, 3.63) is 134 Å². The lowest BCUT2D eigenvalue weighted by molar-refractivity contribution is 0.670. The number of furan rings is 1. The molecule has 9 rings (SSSR count). The molecule has 204 valence electrons. The van der Waals surface area contributed by atoms with Crippen LogP contribution >= 0.6 is 0 Å². The summed E-state index contributed by atoms with van der Waals surface area (Å²) in [6.45, 7) is 0. The number of rotatable bonds is 2. The molecule has 43 heavy (non-hydrogen) atoms. The Bertz CT molecular complexity index is 2440. The van der Waals surface area contributed by atoms with Gasteiger partial charge in [0.05, 0.1) is 11.0 Å². The monoisotopic (exact) mass is 553 g/mol. The van der Waals surface area contributed by atoms with E-state index in [2.05, 4.69) is 115 Å². The molecular formula is C39H27N3O. The SMILES string of the molecule is CN.c1ccc2c(c1)cc(-c1ccc(-c3ccc4c5ccccc5c5nccnc5c4c3)cc1)c1oc3ccccc3c12. The molecule has 0 saturated carbocycles. The number of nitrogens with zero attached hydrogens (tertiary/aromatic N) is 2. The first kappa shape index (κ1) is 25.2. The van der Waals surface area contributed by atoms with Gasteiger partial charge in [0.1, 0.15) is 11.2 Å². The third-order valence-electron chi connectivity index (χ3n) is 8.34. The van der Waals surface area contributed by atoms with Gasteiger partial charge in [0, 0.05) is 39.5 Å². The van der Waals surface area contributed by atoms with E-state index in [1.807, 2.05) is 12.1 Å². The molecular weight excluding hydrogens is 526 g/mol. The molecule has 7 aromatic carbocycles. The van der Waals surface area contributed by atoms with Crippen LogP contribution in [0, 0.1) is 0 Å². The summed E-state index contributed by atoms with van der Waals surface area (Å²) in [6, 6.07) is 43.1. The second-order valence-corrected chi connectivity index (χ2v) is 10.6. The average molecular weight is 554 g/mol. The van der Waals surface area contributed by atoms with Crippen molar-refractivity contribution < 1.29 is 4.42 Å². The first-order valence-electron chi connectivity index (χ1n) is 14.4. The van der Waals surface area contributed by atoms with Gasteiger partial charge in [0.2, 0.25) is 0 Å². The predicted molar refractivity (Wildman–Crippen MR) is 180 cm³/mol. The van der Waals surface area contributed by atoms with Crippen molar-refractivity contribution >= 4 is 65.3 Å². The van der Waals surface area contributed by atoms with E-state index in [1.165, 1.54) is 34.0 Å². The lowest BCUT2D eigenvalue weighted by Crippen LogP contribution is -1.89. The summed E-state index contributed by atoms with van der Waals surface area (Å²) >= 11 is 0. The summed E-state index contributed by atoms with van der Waals surface area (Å²) in [5.41, 5.74) is 12.8. The number of aromatic nitrogens is 2. The van der Waals surface area contributed by atoms with Crippen molar-refractivity contribution in [2.45, 2.75) is 0 Å². The van der Waals surface area contributed by atoms with E-state index >= 15 is 0 Å². The van der Waals surface area contributed by atoms with Crippen LogP contribution in [-0.4, -0.2) is 17.0 Å². The molecule has 0 saturated heterocycles. The van der Waals surface area contributed by atoms with Crippen LogP contribution in [0.15, 0.2) is 138 Å². The molecule has 0 aliphatic carbocycles. The van der Waals surface area contributed by atoms with Gasteiger partial charge in [-0.2, -0.15) is 0 Å². The predicted octanol–water partition coefficient (Wildman–Crippen LogP) is 9.90. The van der Waals surface area contributed by atoms with Gasteiger partial charge >= 0.3 is 0 Å². The highest BCUT2D eigenvalue weighted by Gasteiger charge is 2.16. The highest BCUT2D eigenvalue weighted by Crippen LogP contribution is 2.41. The first-order valence-corrected chi connectivity index (χ1v) is 14.4. The second-order valence-electron chi connectivity index (χ2n) is 10.6. The van der Waals surface area contributed by atoms with Gasteiger partial charge in [-0.25, -0.2) is 0 Å². The zero-order valence-electron chi connectivity index (χ0n) is 23.6. The van der Waals surface area contributed by atoms with Crippen molar-refractivity contribution in [3.63, 3.8) is 0 Å². The normalized spacial score (nSPS) is 11.5. The zero-order valence-corrected chi connectivity index (χ0v) is 23.6. The number of hydrogen-bond donors (Lipinski definition) is 1. The summed E-state index contributed by atoms with van der Waals surface area (Å²) in [4.78, 5) is 9.44. The Morgan fingerprint density at radius 1 is 0.488 bits per heavy atom.